The van der Waals surface area contributed by atoms with Crippen molar-refractivity contribution >= 4 is 297 Å². The molecular weight excluding hydrogens is 2410 g/mol. The molecule has 0 spiro atoms. The molecule has 4 unspecified atom stereocenters. The molecule has 6 aromatic rings. The lowest BCUT2D eigenvalue weighted by molar-refractivity contribution is -0.132. The lowest BCUT2D eigenvalue weighted by Gasteiger charge is -2.54. The number of aldehydes is 1. The van der Waals surface area contributed by atoms with Crippen molar-refractivity contribution in [2.24, 2.45) is 59.2 Å². The third-order valence-corrected chi connectivity index (χ3v) is 74.4. The van der Waals surface area contributed by atoms with Gasteiger partial charge in [-0.3, -0.25) is 29.3 Å². The molecule has 11 nitrogen and oxygen atoms in total. The van der Waals surface area contributed by atoms with Crippen molar-refractivity contribution in [2.45, 2.75) is 262 Å². The highest BCUT2D eigenvalue weighted by atomic mass is 33.4. The van der Waals surface area contributed by atoms with E-state index in [9.17, 15) is 9.59 Å². The maximum absolute atomic E-state index is 12.6. The van der Waals surface area contributed by atoms with Gasteiger partial charge in [0, 0.05) is 404 Å². The number of carbonyl (C=O) groups excluding carboxylic acids is 2. The molecular formula is C107H153N9O2S30. The van der Waals surface area contributed by atoms with Crippen LogP contribution >= 0.6 is 0 Å². The van der Waals surface area contributed by atoms with E-state index in [1.807, 2.05) is 0 Å². The number of piperidine rings is 4. The van der Waals surface area contributed by atoms with Crippen molar-refractivity contribution in [1.82, 2.24) is 44.9 Å². The van der Waals surface area contributed by atoms with Gasteiger partial charge >= 0.3 is 0 Å². The maximum atomic E-state index is 12.6. The molecule has 9 aliphatic heterocycles. The highest BCUT2D eigenvalue weighted by Crippen LogP contribution is 2.59. The molecule has 1 amide bonds. The van der Waals surface area contributed by atoms with E-state index in [4.69, 9.17) is 0 Å². The van der Waals surface area contributed by atoms with Crippen LogP contribution in [0.15, 0.2) is 158 Å². The van der Waals surface area contributed by atoms with Gasteiger partial charge in [0.05, 0.1) is 0 Å². The van der Waals surface area contributed by atoms with E-state index in [-0.39, 0.29) is 11.3 Å². The summed E-state index contributed by atoms with van der Waals surface area (Å²) in [6, 6.07) is 59.5. The number of hydrogen-bond donors (Lipinski definition) is 2. The number of likely N-dealkylation sites (tertiary alicyclic amines) is 3. The number of nitrogens with one attached hydrogen (secondary N) is 2. The van der Waals surface area contributed by atoms with Crippen molar-refractivity contribution in [3.05, 3.63) is 213 Å². The van der Waals surface area contributed by atoms with Crippen molar-refractivity contribution in [1.29, 1.82) is 0 Å². The van der Waals surface area contributed by atoms with E-state index in [2.05, 4.69) is 313 Å². The van der Waals surface area contributed by atoms with E-state index in [1.165, 1.54) is 364 Å². The van der Waals surface area contributed by atoms with Crippen LogP contribution in [0.25, 0.3) is 0 Å². The number of hydrogen-bond acceptors (Lipinski definition) is 18. The summed E-state index contributed by atoms with van der Waals surface area (Å²) in [4.78, 5) is 40.8. The van der Waals surface area contributed by atoms with Gasteiger partial charge < -0.3 is 25.2 Å². The van der Waals surface area contributed by atoms with Crippen molar-refractivity contribution in [2.75, 3.05) is 118 Å². The Labute approximate surface area is 990 Å². The fourth-order valence-electron chi connectivity index (χ4n) is 27.6. The summed E-state index contributed by atoms with van der Waals surface area (Å²) < 4.78 is 0. The summed E-state index contributed by atoms with van der Waals surface area (Å²) in [6.07, 6.45) is 38.1. The summed E-state index contributed by atoms with van der Waals surface area (Å²) in [5, 5.41) is 7.04. The zero-order chi connectivity index (χ0) is 104. The number of fused-ring (bicyclic) bond motifs is 4. The first-order valence-corrected chi connectivity index (χ1v) is 87.9. The minimum atomic E-state index is 0.135. The van der Waals surface area contributed by atoms with E-state index < -0.39 is 0 Å². The molecule has 14 aliphatic rings. The molecule has 41 heteroatoms. The first-order valence-electron chi connectivity index (χ1n) is 53.2. The lowest BCUT2D eigenvalue weighted by atomic mass is 9.57. The standard InChI is InChI=1S/C28H36N2O.C28H38N2.C25H39N3.C21H32N2.C5H8O.S9.S8.S7.S6/c1-22(31)30-20-24-11-5-8-14-27(24)28(21-30,25-12-6-7-13-25)26-15-17-29(18-16-26)19-23-9-3-2-4-10-23;1-2-29-21-24-12-6-9-15-27(24)28(22-29,25-13-7-8-14-25)26-16-18-30(19-17-26)20-23-10-4-3-5-11-23;1-2-27-18-21-7-3-6-10-24(21)25(19-27,22-8-4-5-9-22)23-11-13-28(14-12-23)17-20-15-26-16-20;1-2-23-15-17-7-3-6-10-20(17)21(16-23,18-8-4-5-9-18)19-11-13-22-14-12-19;6-4-5-2-1-3-5;1-3-5-7-9-8-6-4-2;1-3-5-7-8-6-4-2;1-3-5-7-6-4-2;1-3-5-6-4-2/h2-5,8-11,14,25-26H,6-7,12-13,15-21H2,1H3;3-6,9-12,15,25-26H,2,7-8,13-14,16-22H2,1H3;3,6-7,10,20,22-23,26H,2,4-5,8-9,11-19H2,1H3;3,6-7,10,18-19,22H,2,4-5,8-9,11-16H2,1H3;4-5H,1-3H2;;;;. The zero-order valence-electron chi connectivity index (χ0n) is 86.1. The number of likely N-dealkylation sites (N-methyl/N-ethyl adjacent to an activating group) is 3. The monoisotopic (exact) mass is 2560 g/mol. The van der Waals surface area contributed by atoms with Crippen LogP contribution in [0.4, 0.5) is 0 Å². The number of carbonyl (C=O) groups is 2. The quantitative estimate of drug-likeness (QED) is 0.0801. The summed E-state index contributed by atoms with van der Waals surface area (Å²) in [6.45, 7) is 37.3. The second-order valence-electron chi connectivity index (χ2n) is 41.5. The van der Waals surface area contributed by atoms with E-state index in [0.717, 1.165) is 119 Å². The molecule has 148 heavy (non-hydrogen) atoms. The minimum absolute atomic E-state index is 0.135. The molecule has 5 aliphatic carbocycles. The van der Waals surface area contributed by atoms with Gasteiger partial charge in [0.2, 0.25) is 5.91 Å². The van der Waals surface area contributed by atoms with E-state index in [1.54, 1.807) is 152 Å². The second kappa shape index (κ2) is 71.6. The Bertz CT molecular complexity index is 6120. The summed E-state index contributed by atoms with van der Waals surface area (Å²) >= 11 is 36.6. The van der Waals surface area contributed by atoms with Crippen molar-refractivity contribution < 1.29 is 9.59 Å². The van der Waals surface area contributed by atoms with Crippen molar-refractivity contribution in [3.8, 4) is 0 Å². The van der Waals surface area contributed by atoms with Gasteiger partial charge in [-0.25, -0.2) is 0 Å². The summed E-state index contributed by atoms with van der Waals surface area (Å²) in [5.74, 6) is 8.17. The average Bonchev–Trinajstić information content (AvgIpc) is 1.16. The van der Waals surface area contributed by atoms with Gasteiger partial charge in [-0.15, -0.1) is 0 Å². The van der Waals surface area contributed by atoms with Crippen LogP contribution in [-0.2, 0) is 355 Å². The molecule has 818 valence electrons. The fourth-order valence-corrected chi connectivity index (χ4v) is 66.0. The van der Waals surface area contributed by atoms with Gasteiger partial charge in [-0.1, -0.05) is 236 Å². The predicted molar refractivity (Wildman–Crippen MR) is 709 cm³/mol. The number of amides is 1. The molecule has 9 heterocycles. The van der Waals surface area contributed by atoms with Gasteiger partial charge in [0.1, 0.15) is 6.29 Å². The molecule has 0 aromatic heterocycles. The number of benzene rings is 6. The smallest absolute Gasteiger partial charge is 0.219 e. The molecule has 4 atom stereocenters. The molecule has 6 aromatic carbocycles. The second-order valence-corrected chi connectivity index (χ2v) is 80.4. The Morgan fingerprint density at radius 2 is 0.568 bits per heavy atom. The Balaban J connectivity index is 0.000000158. The molecule has 0 bridgehead atoms. The fraction of sp³-hybridized carbons (Fsp3) is 0.645. The van der Waals surface area contributed by atoms with E-state index >= 15 is 0 Å². The number of rotatable bonds is 18. The Kier molecular flexibility index (Phi) is 61.6. The third kappa shape index (κ3) is 37.4. The molecule has 5 saturated carbocycles. The topological polar surface area (TPSA) is 80.9 Å². The van der Waals surface area contributed by atoms with Crippen LogP contribution in [0.1, 0.15) is 257 Å². The summed E-state index contributed by atoms with van der Waals surface area (Å²) in [5.41, 5.74) is 17.2. The third-order valence-electron chi connectivity index (χ3n) is 34.4. The largest absolute Gasteiger partial charge is 0.338 e. The van der Waals surface area contributed by atoms with Gasteiger partial charge in [0.25, 0.3) is 0 Å². The zero-order valence-corrected chi connectivity index (χ0v) is 111. The molecule has 5 saturated heterocycles. The molecule has 2 N–H and O–H groups in total. The first-order chi connectivity index (χ1) is 72.7. The van der Waals surface area contributed by atoms with E-state index in [0.29, 0.717) is 34.0 Å². The maximum Gasteiger partial charge on any atom is 0.219 e. The number of nitrogens with zero attached hydrogens (tertiary/aromatic N) is 7. The van der Waals surface area contributed by atoms with Crippen LogP contribution in [0, 0.1) is 59.2 Å². The SMILES string of the molecule is CC(=O)N1Cc2ccccc2C(C2CCCC2)(C2CCN(Cc3ccccc3)CC2)C1.CCN1Cc2ccccc2C(C2CCCC2)(C2CCN(CC3CNC3)CC2)C1.CCN1Cc2ccccc2C(C2CCCC2)(C2CCN(Cc3ccccc3)CC2)C1.CCN1Cc2ccccc2C(C2CCCC2)(C2CCNCC2)C1.O=CC1CCC1.S=S=S=S=S=S.S=S=S=S=S=S=S.S=S=S=S=S=S=S=S.S=S=S=S=S=S=S=S=S. The first kappa shape index (κ1) is 127. The van der Waals surface area contributed by atoms with Gasteiger partial charge in [-0.05, 0) is 296 Å². The highest BCUT2D eigenvalue weighted by molar-refractivity contribution is 8.72. The van der Waals surface area contributed by atoms with Crippen LogP contribution in [0.2, 0.25) is 0 Å². The molecule has 20 rings (SSSR count). The summed E-state index contributed by atoms with van der Waals surface area (Å²) in [7, 11) is 33.0. The Morgan fingerprint density at radius 3 is 0.838 bits per heavy atom. The Morgan fingerprint density at radius 1 is 0.304 bits per heavy atom. The predicted octanol–water partition coefficient (Wildman–Crippen LogP) is 20.0. The van der Waals surface area contributed by atoms with Crippen molar-refractivity contribution in [3.63, 3.8) is 0 Å². The molecule has 10 fully saturated rings. The Hall–Kier alpha value is 0.740. The highest BCUT2D eigenvalue weighted by Gasteiger charge is 2.56. The normalized spacial score (nSPS) is 23.6. The molecule has 0 radical (unpaired) electrons. The van der Waals surface area contributed by atoms with Crippen LogP contribution < -0.4 is 10.6 Å². The van der Waals surface area contributed by atoms with Crippen LogP contribution in [0.5, 0.6) is 0 Å². The average molecular weight is 2560 g/mol. The van der Waals surface area contributed by atoms with Crippen LogP contribution in [0.3, 0.4) is 0 Å². The van der Waals surface area contributed by atoms with Gasteiger partial charge in [-0.2, -0.15) is 0 Å². The minimum Gasteiger partial charge on any atom is -0.338 e. The van der Waals surface area contributed by atoms with Gasteiger partial charge in [0.15, 0.2) is 0 Å². The lowest BCUT2D eigenvalue weighted by Crippen LogP contribution is -2.57. The van der Waals surface area contributed by atoms with Crippen LogP contribution in [-0.4, -0.2) is 164 Å².